The number of nitrogens with zero attached hydrogens (tertiary/aromatic N) is 2. The Morgan fingerprint density at radius 3 is 2.88 bits per heavy atom. The minimum absolute atomic E-state index is 0.356. The molecule has 0 amide bonds. The largest absolute Gasteiger partial charge is 0.368 e. The van der Waals surface area contributed by atoms with E-state index in [2.05, 4.69) is 35.2 Å². The fourth-order valence-electron chi connectivity index (χ4n) is 2.38. The van der Waals surface area contributed by atoms with Crippen molar-refractivity contribution in [1.29, 1.82) is 0 Å². The van der Waals surface area contributed by atoms with Crippen LogP contribution in [0.4, 0.5) is 11.8 Å². The van der Waals surface area contributed by atoms with E-state index in [1.807, 2.05) is 0 Å². The van der Waals surface area contributed by atoms with Crippen molar-refractivity contribution in [2.24, 2.45) is 5.92 Å². The zero-order valence-corrected chi connectivity index (χ0v) is 10.8. The number of aryl methyl sites for hydroxylation is 1. The molecule has 2 heterocycles. The van der Waals surface area contributed by atoms with E-state index in [0.717, 1.165) is 22.0 Å². The number of nitrogens with one attached hydrogen (secondary N) is 1. The van der Waals surface area contributed by atoms with Gasteiger partial charge in [0, 0.05) is 10.9 Å². The summed E-state index contributed by atoms with van der Waals surface area (Å²) in [7, 11) is 0. The summed E-state index contributed by atoms with van der Waals surface area (Å²) in [4.78, 5) is 10.8. The van der Waals surface area contributed by atoms with Gasteiger partial charge in [-0.3, -0.25) is 0 Å². The summed E-state index contributed by atoms with van der Waals surface area (Å²) in [6, 6.07) is 2.67. The number of fused-ring (bicyclic) bond motifs is 1. The van der Waals surface area contributed by atoms with Crippen LogP contribution in [-0.2, 0) is 0 Å². The summed E-state index contributed by atoms with van der Waals surface area (Å²) in [5, 5.41) is 4.58. The molecule has 2 aromatic rings. The second kappa shape index (κ2) is 3.84. The summed E-state index contributed by atoms with van der Waals surface area (Å²) in [6.45, 7) is 4.36. The summed E-state index contributed by atoms with van der Waals surface area (Å²) < 4.78 is 0. The predicted molar refractivity (Wildman–Crippen MR) is 72.4 cm³/mol. The lowest BCUT2D eigenvalue weighted by atomic mass is 9.82. The van der Waals surface area contributed by atoms with Crippen LogP contribution in [0.1, 0.15) is 24.6 Å². The Morgan fingerprint density at radius 1 is 1.41 bits per heavy atom. The smallest absolute Gasteiger partial charge is 0.223 e. The first-order chi connectivity index (χ1) is 8.11. The second-order valence-electron chi connectivity index (χ2n) is 4.92. The third kappa shape index (κ3) is 1.95. The molecule has 0 aliphatic heterocycles. The van der Waals surface area contributed by atoms with Gasteiger partial charge in [-0.2, -0.15) is 4.98 Å². The summed E-state index contributed by atoms with van der Waals surface area (Å²) in [5.74, 6) is 2.08. The lowest BCUT2D eigenvalue weighted by Crippen LogP contribution is -2.34. The molecule has 2 aromatic heterocycles. The Hall–Kier alpha value is -1.36. The molecule has 3 rings (SSSR count). The highest BCUT2D eigenvalue weighted by molar-refractivity contribution is 7.18. The highest BCUT2D eigenvalue weighted by Gasteiger charge is 2.26. The summed E-state index contributed by atoms with van der Waals surface area (Å²) in [5.41, 5.74) is 5.74. The van der Waals surface area contributed by atoms with Crippen LogP contribution in [0.5, 0.6) is 0 Å². The molecule has 90 valence electrons. The van der Waals surface area contributed by atoms with Gasteiger partial charge in [-0.05, 0) is 31.7 Å². The number of hydrogen-bond acceptors (Lipinski definition) is 5. The van der Waals surface area contributed by atoms with Gasteiger partial charge in [0.2, 0.25) is 5.95 Å². The van der Waals surface area contributed by atoms with Crippen molar-refractivity contribution in [2.45, 2.75) is 32.7 Å². The third-order valence-corrected chi connectivity index (χ3v) is 4.19. The van der Waals surface area contributed by atoms with Crippen LogP contribution in [0, 0.1) is 12.8 Å². The topological polar surface area (TPSA) is 63.8 Å². The number of nitrogen functional groups attached to an aromatic ring is 1. The molecular formula is C12H16N4S. The van der Waals surface area contributed by atoms with Gasteiger partial charge in [0.05, 0.1) is 5.39 Å². The Bertz CT molecular complexity index is 557. The molecule has 5 heteroatoms. The van der Waals surface area contributed by atoms with Gasteiger partial charge in [0.25, 0.3) is 0 Å². The van der Waals surface area contributed by atoms with Gasteiger partial charge >= 0.3 is 0 Å². The molecule has 0 bridgehead atoms. The first-order valence-corrected chi connectivity index (χ1v) is 6.73. The molecule has 4 nitrogen and oxygen atoms in total. The van der Waals surface area contributed by atoms with Gasteiger partial charge < -0.3 is 11.1 Å². The van der Waals surface area contributed by atoms with Gasteiger partial charge in [-0.1, -0.05) is 6.92 Å². The average Bonchev–Trinajstić information content (AvgIpc) is 2.56. The number of rotatable bonds is 2. The zero-order valence-electron chi connectivity index (χ0n) is 10.0. The van der Waals surface area contributed by atoms with Crippen LogP contribution in [0.25, 0.3) is 10.2 Å². The maximum atomic E-state index is 5.74. The highest BCUT2D eigenvalue weighted by atomic mass is 32.1. The van der Waals surface area contributed by atoms with E-state index in [-0.39, 0.29) is 0 Å². The van der Waals surface area contributed by atoms with Crippen molar-refractivity contribution >= 4 is 33.3 Å². The fourth-order valence-corrected chi connectivity index (χ4v) is 3.27. The van der Waals surface area contributed by atoms with Crippen molar-refractivity contribution < 1.29 is 0 Å². The van der Waals surface area contributed by atoms with Crippen molar-refractivity contribution in [3.63, 3.8) is 0 Å². The maximum absolute atomic E-state index is 5.74. The third-order valence-electron chi connectivity index (χ3n) is 3.25. The number of anilines is 2. The predicted octanol–water partition coefficient (Wildman–Crippen LogP) is 2.79. The Labute approximate surface area is 104 Å². The minimum Gasteiger partial charge on any atom is -0.368 e. The number of nitrogens with two attached hydrogens (primary N) is 1. The molecule has 1 fully saturated rings. The number of thiophene rings is 1. The van der Waals surface area contributed by atoms with Gasteiger partial charge in [-0.25, -0.2) is 4.98 Å². The van der Waals surface area contributed by atoms with Crippen LogP contribution in [0.15, 0.2) is 6.07 Å². The van der Waals surface area contributed by atoms with Crippen LogP contribution in [-0.4, -0.2) is 16.0 Å². The Morgan fingerprint density at radius 2 is 2.18 bits per heavy atom. The Kier molecular flexibility index (Phi) is 2.43. The standard InChI is InChI=1S/C12H16N4S/c1-6-3-8(4-6)14-10-9-5-7(2)17-11(9)16-12(13)15-10/h5-6,8H,3-4H2,1-2H3,(H3,13,14,15,16). The molecule has 17 heavy (non-hydrogen) atoms. The molecule has 0 atom stereocenters. The van der Waals surface area contributed by atoms with Gasteiger partial charge in [-0.15, -0.1) is 11.3 Å². The average molecular weight is 248 g/mol. The SMILES string of the molecule is Cc1cc2c(NC3CC(C)C3)nc(N)nc2s1. The van der Waals surface area contributed by atoms with Crippen LogP contribution < -0.4 is 11.1 Å². The quantitative estimate of drug-likeness (QED) is 0.857. The highest BCUT2D eigenvalue weighted by Crippen LogP contribution is 2.33. The van der Waals surface area contributed by atoms with E-state index in [9.17, 15) is 0 Å². The van der Waals surface area contributed by atoms with Crippen molar-refractivity contribution in [3.8, 4) is 0 Å². The zero-order chi connectivity index (χ0) is 12.0. The van der Waals surface area contributed by atoms with Crippen molar-refractivity contribution in [1.82, 2.24) is 9.97 Å². The minimum atomic E-state index is 0.356. The van der Waals surface area contributed by atoms with E-state index in [1.54, 1.807) is 11.3 Å². The van der Waals surface area contributed by atoms with Crippen LogP contribution in [0.3, 0.4) is 0 Å². The molecule has 3 N–H and O–H groups in total. The molecule has 1 aliphatic carbocycles. The summed E-state index contributed by atoms with van der Waals surface area (Å²) >= 11 is 1.66. The summed E-state index contributed by atoms with van der Waals surface area (Å²) in [6.07, 6.45) is 2.43. The second-order valence-corrected chi connectivity index (χ2v) is 6.16. The van der Waals surface area contributed by atoms with Crippen LogP contribution in [0.2, 0.25) is 0 Å². The van der Waals surface area contributed by atoms with E-state index >= 15 is 0 Å². The lowest BCUT2D eigenvalue weighted by Gasteiger charge is -2.33. The normalized spacial score (nSPS) is 23.6. The molecule has 0 spiro atoms. The molecule has 1 aliphatic rings. The monoisotopic (exact) mass is 248 g/mol. The molecule has 0 saturated heterocycles. The maximum Gasteiger partial charge on any atom is 0.223 e. The molecule has 1 saturated carbocycles. The Balaban J connectivity index is 1.96. The lowest BCUT2D eigenvalue weighted by molar-refractivity contribution is 0.309. The van der Waals surface area contributed by atoms with Crippen LogP contribution >= 0.6 is 11.3 Å². The molecular weight excluding hydrogens is 232 g/mol. The number of hydrogen-bond donors (Lipinski definition) is 2. The molecule has 0 unspecified atom stereocenters. The van der Waals surface area contributed by atoms with E-state index in [0.29, 0.717) is 12.0 Å². The van der Waals surface area contributed by atoms with Gasteiger partial charge in [0.15, 0.2) is 0 Å². The van der Waals surface area contributed by atoms with E-state index < -0.39 is 0 Å². The van der Waals surface area contributed by atoms with Crippen molar-refractivity contribution in [2.75, 3.05) is 11.1 Å². The molecule has 0 radical (unpaired) electrons. The fraction of sp³-hybridized carbons (Fsp3) is 0.500. The van der Waals surface area contributed by atoms with Crippen molar-refractivity contribution in [3.05, 3.63) is 10.9 Å². The van der Waals surface area contributed by atoms with E-state index in [4.69, 9.17) is 5.73 Å². The van der Waals surface area contributed by atoms with E-state index in [1.165, 1.54) is 17.7 Å². The number of aromatic nitrogens is 2. The molecule has 0 aromatic carbocycles. The van der Waals surface area contributed by atoms with Gasteiger partial charge in [0.1, 0.15) is 10.6 Å². The first-order valence-electron chi connectivity index (χ1n) is 5.92. The first kappa shape index (κ1) is 10.8.